The topological polar surface area (TPSA) is 73.6 Å². The first-order valence-corrected chi connectivity index (χ1v) is 9.10. The standard InChI is InChI=1S/C20H23NO3S/c1-10(2)14-8-16(22)11(3)5-15(14)20-17(23)6-13(7-18(20)24)19-9-21-12(4)25-19/h5-7,9,14-16,22-24H,1,8H2,2-4H3/t14?,15-,16?/m0/s1. The molecule has 1 aromatic carbocycles. The van der Waals surface area contributed by atoms with Crippen molar-refractivity contribution in [3.63, 3.8) is 0 Å². The molecule has 3 N–H and O–H groups in total. The predicted octanol–water partition coefficient (Wildman–Crippen LogP) is 4.52. The van der Waals surface area contributed by atoms with Crippen LogP contribution in [0.4, 0.5) is 0 Å². The highest BCUT2D eigenvalue weighted by atomic mass is 32.1. The summed E-state index contributed by atoms with van der Waals surface area (Å²) in [5.41, 5.74) is 3.01. The van der Waals surface area contributed by atoms with Gasteiger partial charge in [-0.3, -0.25) is 0 Å². The van der Waals surface area contributed by atoms with E-state index in [1.807, 2.05) is 26.8 Å². The van der Waals surface area contributed by atoms with Crippen molar-refractivity contribution in [2.75, 3.05) is 0 Å². The van der Waals surface area contributed by atoms with Crippen LogP contribution in [0.25, 0.3) is 10.4 Å². The van der Waals surface area contributed by atoms with Crippen molar-refractivity contribution in [2.45, 2.75) is 39.2 Å². The van der Waals surface area contributed by atoms with Crippen LogP contribution in [-0.4, -0.2) is 26.4 Å². The van der Waals surface area contributed by atoms with Crippen LogP contribution < -0.4 is 0 Å². The molecule has 5 heteroatoms. The third-order valence-corrected chi connectivity index (χ3v) is 5.85. The zero-order chi connectivity index (χ0) is 18.3. The number of phenols is 2. The summed E-state index contributed by atoms with van der Waals surface area (Å²) in [4.78, 5) is 5.12. The second-order valence-corrected chi connectivity index (χ2v) is 8.05. The zero-order valence-electron chi connectivity index (χ0n) is 14.7. The van der Waals surface area contributed by atoms with Gasteiger partial charge in [0, 0.05) is 23.2 Å². The lowest BCUT2D eigenvalue weighted by molar-refractivity contribution is 0.168. The summed E-state index contributed by atoms with van der Waals surface area (Å²) in [6.07, 6.45) is 3.70. The van der Waals surface area contributed by atoms with E-state index in [9.17, 15) is 15.3 Å². The molecule has 132 valence electrons. The average Bonchev–Trinajstić information content (AvgIpc) is 2.96. The van der Waals surface area contributed by atoms with Gasteiger partial charge in [-0.25, -0.2) is 4.98 Å². The molecule has 0 aliphatic heterocycles. The minimum absolute atomic E-state index is 0.0352. The Morgan fingerprint density at radius 3 is 2.40 bits per heavy atom. The van der Waals surface area contributed by atoms with Gasteiger partial charge in [0.1, 0.15) is 11.5 Å². The average molecular weight is 357 g/mol. The molecule has 0 radical (unpaired) electrons. The summed E-state index contributed by atoms with van der Waals surface area (Å²) in [6, 6.07) is 3.34. The van der Waals surface area contributed by atoms with Gasteiger partial charge >= 0.3 is 0 Å². The Kier molecular flexibility index (Phi) is 4.71. The molecule has 4 nitrogen and oxygen atoms in total. The van der Waals surface area contributed by atoms with E-state index in [1.54, 1.807) is 18.3 Å². The van der Waals surface area contributed by atoms with Crippen molar-refractivity contribution < 1.29 is 15.3 Å². The number of aliphatic hydroxyl groups excluding tert-OH is 1. The Bertz CT molecular complexity index is 829. The second-order valence-electron chi connectivity index (χ2n) is 6.81. The SMILES string of the molecule is C=C(C)C1CC(O)C(C)=C[C@@H]1c1c(O)cc(-c2cnc(C)s2)cc1O. The fourth-order valence-electron chi connectivity index (χ4n) is 3.48. The minimum Gasteiger partial charge on any atom is -0.507 e. The molecule has 1 aromatic heterocycles. The van der Waals surface area contributed by atoms with E-state index in [0.29, 0.717) is 12.0 Å². The Balaban J connectivity index is 2.08. The Morgan fingerprint density at radius 2 is 1.88 bits per heavy atom. The van der Waals surface area contributed by atoms with E-state index in [1.165, 1.54) is 11.3 Å². The van der Waals surface area contributed by atoms with Crippen molar-refractivity contribution in [1.82, 2.24) is 4.98 Å². The van der Waals surface area contributed by atoms with Crippen molar-refractivity contribution >= 4 is 11.3 Å². The second kappa shape index (κ2) is 6.65. The van der Waals surface area contributed by atoms with E-state index in [4.69, 9.17) is 0 Å². The molecule has 0 saturated carbocycles. The number of thiazole rings is 1. The molecule has 1 aliphatic carbocycles. The highest BCUT2D eigenvalue weighted by molar-refractivity contribution is 7.15. The quantitative estimate of drug-likeness (QED) is 0.706. The number of allylic oxidation sites excluding steroid dienone is 2. The Hall–Kier alpha value is -2.11. The van der Waals surface area contributed by atoms with Gasteiger partial charge in [0.2, 0.25) is 0 Å². The van der Waals surface area contributed by atoms with Gasteiger partial charge in [-0.15, -0.1) is 11.3 Å². The zero-order valence-corrected chi connectivity index (χ0v) is 15.5. The first-order valence-electron chi connectivity index (χ1n) is 8.28. The number of aromatic hydroxyl groups is 2. The molecule has 25 heavy (non-hydrogen) atoms. The lowest BCUT2D eigenvalue weighted by Crippen LogP contribution is -2.26. The van der Waals surface area contributed by atoms with Gasteiger partial charge < -0.3 is 15.3 Å². The van der Waals surface area contributed by atoms with E-state index in [0.717, 1.165) is 26.6 Å². The summed E-state index contributed by atoms with van der Waals surface area (Å²) >= 11 is 1.51. The molecule has 2 unspecified atom stereocenters. The van der Waals surface area contributed by atoms with Gasteiger partial charge in [-0.1, -0.05) is 18.2 Å². The Morgan fingerprint density at radius 1 is 1.24 bits per heavy atom. The van der Waals surface area contributed by atoms with Gasteiger partial charge in [-0.2, -0.15) is 0 Å². The van der Waals surface area contributed by atoms with Gasteiger partial charge in [-0.05, 0) is 50.8 Å². The van der Waals surface area contributed by atoms with Crippen LogP contribution in [0.2, 0.25) is 0 Å². The fraction of sp³-hybridized carbons (Fsp3) is 0.350. The predicted molar refractivity (Wildman–Crippen MR) is 101 cm³/mol. The number of hydrogen-bond donors (Lipinski definition) is 3. The summed E-state index contributed by atoms with van der Waals surface area (Å²) in [7, 11) is 0. The van der Waals surface area contributed by atoms with Gasteiger partial charge in [0.05, 0.1) is 16.0 Å². The Labute approximate surface area is 151 Å². The number of benzene rings is 1. The number of hydrogen-bond acceptors (Lipinski definition) is 5. The highest BCUT2D eigenvalue weighted by Gasteiger charge is 2.33. The number of aromatic nitrogens is 1. The molecular formula is C20H23NO3S. The summed E-state index contributed by atoms with van der Waals surface area (Å²) in [6.45, 7) is 9.74. The number of nitrogens with zero attached hydrogens (tertiary/aromatic N) is 1. The first-order chi connectivity index (χ1) is 11.8. The lowest BCUT2D eigenvalue weighted by Gasteiger charge is -2.34. The third-order valence-electron chi connectivity index (χ3n) is 4.89. The molecule has 3 rings (SSSR count). The summed E-state index contributed by atoms with van der Waals surface area (Å²) < 4.78 is 0. The number of rotatable bonds is 3. The molecular weight excluding hydrogens is 334 g/mol. The largest absolute Gasteiger partial charge is 0.507 e. The van der Waals surface area contributed by atoms with Gasteiger partial charge in [0.25, 0.3) is 0 Å². The molecule has 0 bridgehead atoms. The maximum Gasteiger partial charge on any atom is 0.123 e. The van der Waals surface area contributed by atoms with Crippen LogP contribution in [0.5, 0.6) is 11.5 Å². The third kappa shape index (κ3) is 3.34. The number of aryl methyl sites for hydroxylation is 1. The normalized spacial score (nSPS) is 23.4. The van der Waals surface area contributed by atoms with Crippen LogP contribution in [0.15, 0.2) is 42.1 Å². The van der Waals surface area contributed by atoms with Crippen molar-refractivity contribution in [3.05, 3.63) is 52.7 Å². The smallest absolute Gasteiger partial charge is 0.123 e. The molecule has 0 fully saturated rings. The highest BCUT2D eigenvalue weighted by Crippen LogP contribution is 2.47. The minimum atomic E-state index is -0.512. The summed E-state index contributed by atoms with van der Waals surface area (Å²) in [5.74, 6) is -0.138. The maximum atomic E-state index is 10.6. The molecule has 0 saturated heterocycles. The van der Waals surface area contributed by atoms with E-state index < -0.39 is 6.10 Å². The van der Waals surface area contributed by atoms with Crippen LogP contribution in [0.3, 0.4) is 0 Å². The van der Waals surface area contributed by atoms with Crippen LogP contribution in [0.1, 0.15) is 36.8 Å². The lowest BCUT2D eigenvalue weighted by atomic mass is 9.72. The van der Waals surface area contributed by atoms with Crippen molar-refractivity contribution in [3.8, 4) is 21.9 Å². The molecule has 0 spiro atoms. The van der Waals surface area contributed by atoms with E-state index in [2.05, 4.69) is 11.6 Å². The van der Waals surface area contributed by atoms with E-state index in [-0.39, 0.29) is 23.3 Å². The fourth-order valence-corrected chi connectivity index (χ4v) is 4.24. The molecule has 2 aromatic rings. The summed E-state index contributed by atoms with van der Waals surface area (Å²) in [5, 5.41) is 32.4. The maximum absolute atomic E-state index is 10.6. The van der Waals surface area contributed by atoms with Gasteiger partial charge in [0.15, 0.2) is 0 Å². The van der Waals surface area contributed by atoms with Crippen molar-refractivity contribution in [1.29, 1.82) is 0 Å². The molecule has 0 amide bonds. The number of aliphatic hydroxyl groups is 1. The van der Waals surface area contributed by atoms with Crippen molar-refractivity contribution in [2.24, 2.45) is 5.92 Å². The monoisotopic (exact) mass is 357 g/mol. The number of phenolic OH excluding ortho intramolecular Hbond substituents is 2. The van der Waals surface area contributed by atoms with Crippen LogP contribution >= 0.6 is 11.3 Å². The molecule has 1 heterocycles. The van der Waals surface area contributed by atoms with Crippen LogP contribution in [-0.2, 0) is 0 Å². The molecule has 1 aliphatic rings. The van der Waals surface area contributed by atoms with Crippen LogP contribution in [0, 0.1) is 12.8 Å². The van der Waals surface area contributed by atoms with E-state index >= 15 is 0 Å². The molecule has 3 atom stereocenters. The first kappa shape index (κ1) is 17.7.